The molecule has 1 aliphatic heterocycles. The molecule has 0 radical (unpaired) electrons. The number of carbonyl (C=O) groups is 2. The number of fused-ring (bicyclic) bond motifs is 3. The number of phenolic OH excluding ortho intramolecular Hbond substituents is 1. The van der Waals surface area contributed by atoms with Crippen LogP contribution in [0.2, 0.25) is 10.0 Å². The number of carbonyl (C=O) groups excluding carboxylic acids is 2. The fourth-order valence-corrected chi connectivity index (χ4v) is 4.55. The lowest BCUT2D eigenvalue weighted by Gasteiger charge is -2.30. The largest absolute Gasteiger partial charge is 0.506 e. The Kier molecular flexibility index (Phi) is 5.92. The zero-order valence-electron chi connectivity index (χ0n) is 18.7. The van der Waals surface area contributed by atoms with Crippen LogP contribution in [0.25, 0.3) is 10.9 Å². The van der Waals surface area contributed by atoms with Gasteiger partial charge in [-0.3, -0.25) is 9.78 Å². The topological polar surface area (TPSA) is 96.7 Å². The zero-order chi connectivity index (χ0) is 24.1. The Balaban J connectivity index is 1.78. The number of rotatable bonds is 2. The predicted octanol–water partition coefficient (Wildman–Crippen LogP) is 5.13. The number of phenols is 1. The van der Waals surface area contributed by atoms with E-state index < -0.39 is 17.6 Å². The number of hydrogen-bond acceptors (Lipinski definition) is 5. The van der Waals surface area contributed by atoms with Crippen molar-refractivity contribution in [3.05, 3.63) is 51.4 Å². The summed E-state index contributed by atoms with van der Waals surface area (Å²) in [6.07, 6.45) is 2.91. The molecule has 0 spiro atoms. The van der Waals surface area contributed by atoms with E-state index in [0.29, 0.717) is 29.4 Å². The fraction of sp³-hybridized carbons (Fsp3) is 0.348. The number of pyridine rings is 1. The van der Waals surface area contributed by atoms with E-state index >= 15 is 0 Å². The van der Waals surface area contributed by atoms with E-state index in [2.05, 4.69) is 10.3 Å². The van der Waals surface area contributed by atoms with Crippen molar-refractivity contribution >= 4 is 51.8 Å². The van der Waals surface area contributed by atoms with Gasteiger partial charge in [0, 0.05) is 54.6 Å². The number of aromatic nitrogens is 2. The molecule has 0 bridgehead atoms. The van der Waals surface area contributed by atoms with Crippen molar-refractivity contribution in [3.8, 4) is 5.75 Å². The lowest BCUT2D eigenvalue weighted by Crippen LogP contribution is -2.40. The number of aryl methyl sites for hydroxylation is 1. The van der Waals surface area contributed by atoms with Crippen LogP contribution in [0, 0.1) is 0 Å². The molecule has 33 heavy (non-hydrogen) atoms. The van der Waals surface area contributed by atoms with Crippen LogP contribution in [0.5, 0.6) is 5.75 Å². The molecule has 174 valence electrons. The van der Waals surface area contributed by atoms with Gasteiger partial charge >= 0.3 is 6.09 Å². The minimum Gasteiger partial charge on any atom is -0.506 e. The van der Waals surface area contributed by atoms with E-state index in [9.17, 15) is 14.7 Å². The SMILES string of the molecule is Cn1c2c(c3c(C(=O)Nc4c(Cl)cncc4Cl)ccc(O)c31)CN(C(=O)OC(C)(C)C)CC2. The van der Waals surface area contributed by atoms with Crippen LogP contribution in [-0.2, 0) is 24.8 Å². The first-order valence-electron chi connectivity index (χ1n) is 10.4. The molecule has 10 heteroatoms. The summed E-state index contributed by atoms with van der Waals surface area (Å²) < 4.78 is 7.40. The number of ether oxygens (including phenoxy) is 1. The molecule has 0 fully saturated rings. The molecule has 0 atom stereocenters. The summed E-state index contributed by atoms with van der Waals surface area (Å²) in [7, 11) is 1.84. The van der Waals surface area contributed by atoms with Gasteiger partial charge in [-0.15, -0.1) is 0 Å². The monoisotopic (exact) mass is 490 g/mol. The summed E-state index contributed by atoms with van der Waals surface area (Å²) in [4.78, 5) is 31.5. The predicted molar refractivity (Wildman–Crippen MR) is 127 cm³/mol. The van der Waals surface area contributed by atoms with E-state index in [1.54, 1.807) is 11.0 Å². The first-order chi connectivity index (χ1) is 15.5. The summed E-state index contributed by atoms with van der Waals surface area (Å²) in [6.45, 7) is 6.16. The number of anilines is 1. The molecule has 1 aliphatic rings. The Labute approximate surface area is 201 Å². The van der Waals surface area contributed by atoms with Crippen molar-refractivity contribution in [1.82, 2.24) is 14.5 Å². The lowest BCUT2D eigenvalue weighted by atomic mass is 10.00. The first-order valence-corrected chi connectivity index (χ1v) is 11.1. The standard InChI is InChI=1S/C23H24Cl2N4O4/c1-23(2,3)33-22(32)29-8-7-16-13(11-29)18-12(5-6-17(30)20(18)28(16)4)21(31)27-19-14(24)9-26-10-15(19)25/h5-6,9-10,30H,7-8,11H2,1-4H3,(H,26,27,31). The molecule has 8 nitrogen and oxygen atoms in total. The maximum atomic E-state index is 13.3. The molecule has 2 N–H and O–H groups in total. The van der Waals surface area contributed by atoms with Crippen molar-refractivity contribution in [2.45, 2.75) is 39.3 Å². The quantitative estimate of drug-likeness (QED) is 0.518. The third-order valence-electron chi connectivity index (χ3n) is 5.50. The number of halogens is 2. The third kappa shape index (κ3) is 4.32. The van der Waals surface area contributed by atoms with Gasteiger partial charge in [0.05, 0.1) is 27.8 Å². The number of aromatic hydroxyl groups is 1. The molecule has 2 aromatic heterocycles. The highest BCUT2D eigenvalue weighted by molar-refractivity contribution is 6.39. The number of nitrogens with one attached hydrogen (secondary N) is 1. The van der Waals surface area contributed by atoms with Gasteiger partial charge in [0.2, 0.25) is 0 Å². The molecule has 0 saturated carbocycles. The molecular weight excluding hydrogens is 467 g/mol. The second-order valence-corrected chi connectivity index (χ2v) is 9.74. The summed E-state index contributed by atoms with van der Waals surface area (Å²) in [5, 5.41) is 14.3. The lowest BCUT2D eigenvalue weighted by molar-refractivity contribution is 0.0223. The van der Waals surface area contributed by atoms with Crippen molar-refractivity contribution in [2.75, 3.05) is 11.9 Å². The van der Waals surface area contributed by atoms with E-state index in [0.717, 1.165) is 11.3 Å². The molecule has 1 aromatic carbocycles. The van der Waals surface area contributed by atoms with Crippen molar-refractivity contribution in [1.29, 1.82) is 0 Å². The molecule has 0 aliphatic carbocycles. The highest BCUT2D eigenvalue weighted by Gasteiger charge is 2.31. The van der Waals surface area contributed by atoms with E-state index in [4.69, 9.17) is 27.9 Å². The van der Waals surface area contributed by atoms with Gasteiger partial charge in [0.15, 0.2) is 0 Å². The van der Waals surface area contributed by atoms with E-state index in [-0.39, 0.29) is 28.0 Å². The van der Waals surface area contributed by atoms with Crippen LogP contribution in [0.3, 0.4) is 0 Å². The summed E-state index contributed by atoms with van der Waals surface area (Å²) in [6, 6.07) is 3.02. The first kappa shape index (κ1) is 23.2. The minimum atomic E-state index is -0.623. The van der Waals surface area contributed by atoms with Crippen LogP contribution in [0.4, 0.5) is 10.5 Å². The van der Waals surface area contributed by atoms with Crippen molar-refractivity contribution < 1.29 is 19.4 Å². The molecule has 2 amide bonds. The fourth-order valence-electron chi connectivity index (χ4n) is 4.09. The molecular formula is C23H24Cl2N4O4. The van der Waals surface area contributed by atoms with Gasteiger partial charge in [0.1, 0.15) is 11.4 Å². The average molecular weight is 491 g/mol. The van der Waals surface area contributed by atoms with Gasteiger partial charge in [-0.25, -0.2) is 4.79 Å². The Morgan fingerprint density at radius 2 is 1.85 bits per heavy atom. The molecule has 4 rings (SSSR count). The Morgan fingerprint density at radius 1 is 1.18 bits per heavy atom. The Hall–Kier alpha value is -2.97. The molecule has 3 aromatic rings. The highest BCUT2D eigenvalue weighted by atomic mass is 35.5. The van der Waals surface area contributed by atoms with Crippen molar-refractivity contribution in [3.63, 3.8) is 0 Å². The van der Waals surface area contributed by atoms with E-state index in [1.807, 2.05) is 32.4 Å². The van der Waals surface area contributed by atoms with Gasteiger partial charge in [0.25, 0.3) is 5.91 Å². The zero-order valence-corrected chi connectivity index (χ0v) is 20.2. The van der Waals surface area contributed by atoms with Gasteiger partial charge < -0.3 is 24.6 Å². The Morgan fingerprint density at radius 3 is 2.48 bits per heavy atom. The normalized spacial score (nSPS) is 13.7. The Bertz CT molecular complexity index is 1260. The summed E-state index contributed by atoms with van der Waals surface area (Å²) in [5.74, 6) is -0.403. The van der Waals surface area contributed by atoms with Crippen LogP contribution in [0.1, 0.15) is 42.4 Å². The number of benzene rings is 1. The second-order valence-electron chi connectivity index (χ2n) is 8.92. The molecule has 0 unspecified atom stereocenters. The van der Waals surface area contributed by atoms with Gasteiger partial charge in [-0.2, -0.15) is 0 Å². The van der Waals surface area contributed by atoms with E-state index in [1.165, 1.54) is 18.5 Å². The maximum Gasteiger partial charge on any atom is 0.410 e. The molecule has 3 heterocycles. The van der Waals surface area contributed by atoms with Crippen molar-refractivity contribution in [2.24, 2.45) is 7.05 Å². The van der Waals surface area contributed by atoms with Crippen LogP contribution in [0.15, 0.2) is 24.5 Å². The third-order valence-corrected chi connectivity index (χ3v) is 6.08. The molecule has 0 saturated heterocycles. The maximum absolute atomic E-state index is 13.3. The van der Waals surface area contributed by atoms with Gasteiger partial charge in [-0.05, 0) is 32.9 Å². The smallest absolute Gasteiger partial charge is 0.410 e. The van der Waals surface area contributed by atoms with Crippen LogP contribution < -0.4 is 5.32 Å². The second kappa shape index (κ2) is 8.43. The minimum absolute atomic E-state index is 0.0437. The number of amides is 2. The number of hydrogen-bond donors (Lipinski definition) is 2. The van der Waals surface area contributed by atoms with Gasteiger partial charge in [-0.1, -0.05) is 23.2 Å². The average Bonchev–Trinajstić information content (AvgIpc) is 3.03. The number of nitrogens with zero attached hydrogens (tertiary/aromatic N) is 3. The van der Waals surface area contributed by atoms with Crippen LogP contribution in [-0.4, -0.2) is 43.7 Å². The van der Waals surface area contributed by atoms with Crippen LogP contribution >= 0.6 is 23.2 Å². The summed E-state index contributed by atoms with van der Waals surface area (Å²) in [5.41, 5.74) is 2.21. The summed E-state index contributed by atoms with van der Waals surface area (Å²) >= 11 is 12.3. The highest BCUT2D eigenvalue weighted by Crippen LogP contribution is 2.38.